The average Bonchev–Trinajstić information content (AvgIpc) is 2.72. The number of nitrogens with zero attached hydrogens (tertiary/aromatic N) is 3. The zero-order valence-corrected chi connectivity index (χ0v) is 20.3. The maximum Gasteiger partial charge on any atom is 0.191 e. The van der Waals surface area contributed by atoms with Gasteiger partial charge in [-0.05, 0) is 50.9 Å². The van der Waals surface area contributed by atoms with Gasteiger partial charge in [-0.2, -0.15) is 0 Å². The normalized spacial score (nSPS) is 16.1. The van der Waals surface area contributed by atoms with E-state index in [0.29, 0.717) is 6.04 Å². The molecule has 1 heterocycles. The molecule has 6 heteroatoms. The number of halogens is 1. The third-order valence-corrected chi connectivity index (χ3v) is 5.49. The van der Waals surface area contributed by atoms with Gasteiger partial charge in [-0.25, -0.2) is 0 Å². The van der Waals surface area contributed by atoms with Crippen molar-refractivity contribution in [1.29, 1.82) is 0 Å². The molecule has 1 aromatic rings. The van der Waals surface area contributed by atoms with Gasteiger partial charge < -0.3 is 15.5 Å². The molecule has 160 valence electrons. The summed E-state index contributed by atoms with van der Waals surface area (Å²) in [6.07, 6.45) is 4.78. The number of hydrogen-bond acceptors (Lipinski definition) is 3. The number of unbranched alkanes of at least 4 members (excludes halogenated alkanes) is 1. The van der Waals surface area contributed by atoms with Gasteiger partial charge in [-0.3, -0.25) is 9.89 Å². The smallest absolute Gasteiger partial charge is 0.191 e. The molecule has 1 aliphatic heterocycles. The SMILES string of the molecule is CCN(CC)CCCCNC(=NC)NC1CCN(Cc2ccccc2)CC1.I. The molecule has 0 radical (unpaired) electrons. The van der Waals surface area contributed by atoms with Gasteiger partial charge in [0.2, 0.25) is 0 Å². The van der Waals surface area contributed by atoms with E-state index in [2.05, 4.69) is 69.6 Å². The Balaban J connectivity index is 0.00000392. The molecule has 1 saturated heterocycles. The largest absolute Gasteiger partial charge is 0.356 e. The summed E-state index contributed by atoms with van der Waals surface area (Å²) in [5, 5.41) is 7.10. The monoisotopic (exact) mass is 501 g/mol. The van der Waals surface area contributed by atoms with E-state index < -0.39 is 0 Å². The van der Waals surface area contributed by atoms with Crippen LogP contribution >= 0.6 is 24.0 Å². The highest BCUT2D eigenvalue weighted by Gasteiger charge is 2.19. The molecule has 1 aromatic carbocycles. The number of benzene rings is 1. The van der Waals surface area contributed by atoms with Crippen LogP contribution in [0.4, 0.5) is 0 Å². The van der Waals surface area contributed by atoms with Crippen molar-refractivity contribution in [1.82, 2.24) is 20.4 Å². The van der Waals surface area contributed by atoms with Crippen LogP contribution in [0.5, 0.6) is 0 Å². The van der Waals surface area contributed by atoms with Crippen molar-refractivity contribution in [2.24, 2.45) is 4.99 Å². The molecule has 28 heavy (non-hydrogen) atoms. The van der Waals surface area contributed by atoms with E-state index in [4.69, 9.17) is 0 Å². The van der Waals surface area contributed by atoms with Crippen LogP contribution in [0.25, 0.3) is 0 Å². The topological polar surface area (TPSA) is 42.9 Å². The molecule has 0 aromatic heterocycles. The first-order valence-corrected chi connectivity index (χ1v) is 10.7. The van der Waals surface area contributed by atoms with Gasteiger partial charge in [0.05, 0.1) is 0 Å². The van der Waals surface area contributed by atoms with Gasteiger partial charge in [-0.15, -0.1) is 24.0 Å². The third kappa shape index (κ3) is 9.56. The molecule has 1 fully saturated rings. The van der Waals surface area contributed by atoms with E-state index >= 15 is 0 Å². The highest BCUT2D eigenvalue weighted by molar-refractivity contribution is 14.0. The number of likely N-dealkylation sites (tertiary alicyclic amines) is 1. The zero-order chi connectivity index (χ0) is 19.3. The van der Waals surface area contributed by atoms with E-state index in [1.54, 1.807) is 0 Å². The van der Waals surface area contributed by atoms with Gasteiger partial charge in [-0.1, -0.05) is 44.2 Å². The van der Waals surface area contributed by atoms with Crippen LogP contribution in [0.2, 0.25) is 0 Å². The summed E-state index contributed by atoms with van der Waals surface area (Å²) in [5.41, 5.74) is 1.41. The third-order valence-electron chi connectivity index (χ3n) is 5.49. The van der Waals surface area contributed by atoms with Gasteiger partial charge >= 0.3 is 0 Å². The lowest BCUT2D eigenvalue weighted by Gasteiger charge is -2.33. The van der Waals surface area contributed by atoms with Crippen molar-refractivity contribution in [3.05, 3.63) is 35.9 Å². The van der Waals surface area contributed by atoms with Crippen molar-refractivity contribution >= 4 is 29.9 Å². The Kier molecular flexibility index (Phi) is 13.5. The van der Waals surface area contributed by atoms with Crippen LogP contribution in [-0.2, 0) is 6.54 Å². The minimum Gasteiger partial charge on any atom is -0.356 e. The van der Waals surface area contributed by atoms with Gasteiger partial charge in [0, 0.05) is 39.3 Å². The van der Waals surface area contributed by atoms with Crippen molar-refractivity contribution in [2.45, 2.75) is 52.1 Å². The van der Waals surface area contributed by atoms with Crippen LogP contribution < -0.4 is 10.6 Å². The summed E-state index contributed by atoms with van der Waals surface area (Å²) in [7, 11) is 1.87. The fraction of sp³-hybridized carbons (Fsp3) is 0.682. The predicted octanol–water partition coefficient (Wildman–Crippen LogP) is 3.56. The van der Waals surface area contributed by atoms with Crippen molar-refractivity contribution in [3.63, 3.8) is 0 Å². The number of aliphatic imine (C=N–C) groups is 1. The summed E-state index contributed by atoms with van der Waals surface area (Å²) in [4.78, 5) is 9.44. The molecule has 0 unspecified atom stereocenters. The Hall–Kier alpha value is -0.860. The minimum atomic E-state index is 0. The lowest BCUT2D eigenvalue weighted by Crippen LogP contribution is -2.48. The second-order valence-corrected chi connectivity index (χ2v) is 7.41. The summed E-state index contributed by atoms with van der Waals surface area (Å²) in [6.45, 7) is 12.3. The molecule has 0 bridgehead atoms. The maximum absolute atomic E-state index is 4.40. The molecule has 0 spiro atoms. The van der Waals surface area contributed by atoms with E-state index in [0.717, 1.165) is 45.2 Å². The molecular weight excluding hydrogens is 461 g/mol. The molecule has 0 amide bonds. The molecule has 0 atom stereocenters. The van der Waals surface area contributed by atoms with Gasteiger partial charge in [0.1, 0.15) is 0 Å². The van der Waals surface area contributed by atoms with Crippen LogP contribution in [0, 0.1) is 0 Å². The van der Waals surface area contributed by atoms with Crippen molar-refractivity contribution in [2.75, 3.05) is 46.3 Å². The Labute approximate surface area is 189 Å². The van der Waals surface area contributed by atoms with E-state index in [1.807, 2.05) is 7.05 Å². The summed E-state index contributed by atoms with van der Waals surface area (Å²) in [6, 6.07) is 11.3. The summed E-state index contributed by atoms with van der Waals surface area (Å²) >= 11 is 0. The standard InChI is InChI=1S/C22H39N5.HI/c1-4-26(5-2)16-10-9-15-24-22(23-3)25-21-13-17-27(18-14-21)19-20-11-7-6-8-12-20;/h6-8,11-12,21H,4-5,9-10,13-19H2,1-3H3,(H2,23,24,25);1H. The molecule has 5 nitrogen and oxygen atoms in total. The van der Waals surface area contributed by atoms with Gasteiger partial charge in [0.25, 0.3) is 0 Å². The number of nitrogens with one attached hydrogen (secondary N) is 2. The molecular formula is C22H40IN5. The summed E-state index contributed by atoms with van der Waals surface area (Å²) < 4.78 is 0. The van der Waals surface area contributed by atoms with Gasteiger partial charge in [0.15, 0.2) is 5.96 Å². The van der Waals surface area contributed by atoms with Crippen LogP contribution in [0.15, 0.2) is 35.3 Å². The fourth-order valence-electron chi connectivity index (χ4n) is 3.67. The van der Waals surface area contributed by atoms with Crippen molar-refractivity contribution in [3.8, 4) is 0 Å². The molecule has 2 N–H and O–H groups in total. The molecule has 0 aliphatic carbocycles. The predicted molar refractivity (Wildman–Crippen MR) is 132 cm³/mol. The first-order chi connectivity index (χ1) is 13.2. The highest BCUT2D eigenvalue weighted by Crippen LogP contribution is 2.13. The Morgan fingerprint density at radius 3 is 2.39 bits per heavy atom. The number of piperidine rings is 1. The fourth-order valence-corrected chi connectivity index (χ4v) is 3.67. The number of guanidine groups is 1. The Morgan fingerprint density at radius 2 is 1.79 bits per heavy atom. The average molecular weight is 502 g/mol. The second kappa shape index (κ2) is 15.0. The number of rotatable bonds is 10. The number of hydrogen-bond donors (Lipinski definition) is 2. The lowest BCUT2D eigenvalue weighted by molar-refractivity contribution is 0.198. The van der Waals surface area contributed by atoms with Crippen LogP contribution in [0.1, 0.15) is 45.1 Å². The first-order valence-electron chi connectivity index (χ1n) is 10.7. The van der Waals surface area contributed by atoms with Crippen LogP contribution in [0.3, 0.4) is 0 Å². The second-order valence-electron chi connectivity index (χ2n) is 7.41. The van der Waals surface area contributed by atoms with E-state index in [-0.39, 0.29) is 24.0 Å². The maximum atomic E-state index is 4.40. The van der Waals surface area contributed by atoms with E-state index in [9.17, 15) is 0 Å². The van der Waals surface area contributed by atoms with Crippen molar-refractivity contribution < 1.29 is 0 Å². The molecule has 1 aliphatic rings. The zero-order valence-electron chi connectivity index (χ0n) is 18.0. The van der Waals surface area contributed by atoms with Crippen LogP contribution in [-0.4, -0.2) is 68.1 Å². The first kappa shape index (κ1) is 25.2. The quantitative estimate of drug-likeness (QED) is 0.223. The minimum absolute atomic E-state index is 0. The highest BCUT2D eigenvalue weighted by atomic mass is 127. The Bertz CT molecular complexity index is 525. The lowest BCUT2D eigenvalue weighted by atomic mass is 10.0. The summed E-state index contributed by atoms with van der Waals surface area (Å²) in [5.74, 6) is 0.958. The molecule has 2 rings (SSSR count). The molecule has 0 saturated carbocycles. The van der Waals surface area contributed by atoms with E-state index in [1.165, 1.54) is 37.8 Å². The Morgan fingerprint density at radius 1 is 1.11 bits per heavy atom.